The number of benzene rings is 2. The van der Waals surface area contributed by atoms with E-state index in [1.807, 2.05) is 62.4 Å². The van der Waals surface area contributed by atoms with Gasteiger partial charge in [-0.1, -0.05) is 62.4 Å². The number of nitrogens with zero attached hydrogens (tertiary/aromatic N) is 1. The maximum Gasteiger partial charge on any atom is 0.242 e. The topological polar surface area (TPSA) is 58.6 Å². The highest BCUT2D eigenvalue weighted by Crippen LogP contribution is 2.13. The van der Waals surface area contributed by atoms with Gasteiger partial charge < -0.3 is 15.0 Å². The van der Waals surface area contributed by atoms with Gasteiger partial charge in [-0.25, -0.2) is 0 Å². The largest absolute Gasteiger partial charge is 0.494 e. The van der Waals surface area contributed by atoms with Crippen LogP contribution in [-0.4, -0.2) is 42.5 Å². The van der Waals surface area contributed by atoms with Crippen LogP contribution in [0, 0.1) is 0 Å². The van der Waals surface area contributed by atoms with Crippen LogP contribution in [0.15, 0.2) is 60.7 Å². The van der Waals surface area contributed by atoms with E-state index in [4.69, 9.17) is 4.74 Å². The number of ether oxygens (including phenoxy) is 1. The molecule has 2 aromatic carbocycles. The third-order valence-corrected chi connectivity index (χ3v) is 4.97. The molecular weight excluding hydrogens is 376 g/mol. The summed E-state index contributed by atoms with van der Waals surface area (Å²) in [6.45, 7) is 5.60. The molecule has 30 heavy (non-hydrogen) atoms. The smallest absolute Gasteiger partial charge is 0.242 e. The summed E-state index contributed by atoms with van der Waals surface area (Å²) in [5.74, 6) is 0.735. The van der Waals surface area contributed by atoms with Crippen molar-refractivity contribution in [2.45, 2.75) is 52.0 Å². The zero-order valence-electron chi connectivity index (χ0n) is 18.2. The van der Waals surface area contributed by atoms with Crippen LogP contribution in [0.2, 0.25) is 0 Å². The molecule has 5 heteroatoms. The van der Waals surface area contributed by atoms with Gasteiger partial charge in [-0.2, -0.15) is 0 Å². The summed E-state index contributed by atoms with van der Waals surface area (Å²) < 4.78 is 5.70. The molecular formula is C25H34N2O3. The van der Waals surface area contributed by atoms with Gasteiger partial charge in [0.1, 0.15) is 11.8 Å². The molecule has 2 rings (SSSR count). The van der Waals surface area contributed by atoms with E-state index in [0.717, 1.165) is 24.2 Å². The summed E-state index contributed by atoms with van der Waals surface area (Å²) >= 11 is 0. The van der Waals surface area contributed by atoms with Crippen molar-refractivity contribution in [1.82, 2.24) is 10.2 Å². The highest BCUT2D eigenvalue weighted by Gasteiger charge is 2.27. The zero-order valence-corrected chi connectivity index (χ0v) is 18.2. The summed E-state index contributed by atoms with van der Waals surface area (Å²) in [5.41, 5.74) is 1.16. The van der Waals surface area contributed by atoms with E-state index in [2.05, 4.69) is 17.4 Å². The van der Waals surface area contributed by atoms with Crippen molar-refractivity contribution in [3.8, 4) is 5.75 Å². The van der Waals surface area contributed by atoms with Crippen LogP contribution in [-0.2, 0) is 16.0 Å². The van der Waals surface area contributed by atoms with E-state index in [0.29, 0.717) is 39.0 Å². The molecule has 0 heterocycles. The first-order valence-corrected chi connectivity index (χ1v) is 10.9. The molecule has 0 radical (unpaired) electrons. The Hall–Kier alpha value is -2.82. The van der Waals surface area contributed by atoms with E-state index in [1.54, 1.807) is 4.90 Å². The average molecular weight is 411 g/mol. The Kier molecular flexibility index (Phi) is 10.5. The quantitative estimate of drug-likeness (QED) is 0.503. The Morgan fingerprint density at radius 3 is 2.30 bits per heavy atom. The number of nitrogens with one attached hydrogen (secondary N) is 1. The molecule has 162 valence electrons. The van der Waals surface area contributed by atoms with Crippen LogP contribution in [0.3, 0.4) is 0 Å². The molecule has 0 fully saturated rings. The molecule has 0 aliphatic rings. The number of rotatable bonds is 13. The Morgan fingerprint density at radius 2 is 1.67 bits per heavy atom. The first-order chi connectivity index (χ1) is 14.7. The van der Waals surface area contributed by atoms with Gasteiger partial charge in [-0.3, -0.25) is 9.59 Å². The molecule has 1 N–H and O–H groups in total. The Balaban J connectivity index is 1.96. The molecule has 0 saturated heterocycles. The summed E-state index contributed by atoms with van der Waals surface area (Å²) in [4.78, 5) is 27.5. The lowest BCUT2D eigenvalue weighted by molar-refractivity contribution is -0.140. The van der Waals surface area contributed by atoms with E-state index in [1.165, 1.54) is 0 Å². The van der Waals surface area contributed by atoms with Crippen molar-refractivity contribution < 1.29 is 14.3 Å². The number of amides is 2. The summed E-state index contributed by atoms with van der Waals surface area (Å²) in [5, 5.41) is 2.95. The summed E-state index contributed by atoms with van der Waals surface area (Å²) in [6.07, 6.45) is 3.17. The number of hydrogen-bond acceptors (Lipinski definition) is 3. The van der Waals surface area contributed by atoms with Gasteiger partial charge in [0, 0.05) is 19.5 Å². The highest BCUT2D eigenvalue weighted by molar-refractivity contribution is 5.87. The molecule has 2 aromatic rings. The molecule has 5 nitrogen and oxygen atoms in total. The highest BCUT2D eigenvalue weighted by atomic mass is 16.5. The van der Waals surface area contributed by atoms with Crippen molar-refractivity contribution >= 4 is 11.8 Å². The van der Waals surface area contributed by atoms with E-state index in [-0.39, 0.29) is 11.8 Å². The molecule has 0 saturated carbocycles. The Labute approximate surface area is 180 Å². The van der Waals surface area contributed by atoms with Crippen molar-refractivity contribution in [3.63, 3.8) is 0 Å². The van der Waals surface area contributed by atoms with Gasteiger partial charge >= 0.3 is 0 Å². The number of carbonyl (C=O) groups is 2. The predicted molar refractivity (Wildman–Crippen MR) is 120 cm³/mol. The second-order valence-electron chi connectivity index (χ2n) is 7.30. The molecule has 0 aromatic heterocycles. The van der Waals surface area contributed by atoms with Gasteiger partial charge in [0.25, 0.3) is 0 Å². The summed E-state index contributed by atoms with van der Waals surface area (Å²) in [7, 11) is 0. The Bertz CT molecular complexity index is 750. The van der Waals surface area contributed by atoms with Crippen molar-refractivity contribution in [2.75, 3.05) is 19.7 Å². The van der Waals surface area contributed by atoms with Gasteiger partial charge in [0.15, 0.2) is 0 Å². The lowest BCUT2D eigenvalue weighted by Gasteiger charge is -2.30. The lowest BCUT2D eigenvalue weighted by Crippen LogP contribution is -2.50. The monoisotopic (exact) mass is 410 g/mol. The number of carbonyl (C=O) groups excluding carboxylic acids is 2. The van der Waals surface area contributed by atoms with Crippen molar-refractivity contribution in [3.05, 3.63) is 66.2 Å². The van der Waals surface area contributed by atoms with Crippen LogP contribution in [0.5, 0.6) is 5.75 Å². The molecule has 0 aliphatic heterocycles. The van der Waals surface area contributed by atoms with Crippen molar-refractivity contribution in [1.29, 1.82) is 0 Å². The van der Waals surface area contributed by atoms with E-state index < -0.39 is 6.04 Å². The van der Waals surface area contributed by atoms with E-state index in [9.17, 15) is 9.59 Å². The molecule has 0 bridgehead atoms. The van der Waals surface area contributed by atoms with Crippen LogP contribution < -0.4 is 10.1 Å². The maximum atomic E-state index is 13.0. The standard InChI is InChI=1S/C25H34N2O3/c1-3-18-26-25(29)23(4-2)27(19-17-21-12-7-5-8-13-21)24(28)16-11-20-30-22-14-9-6-10-15-22/h5-10,12-15,23H,3-4,11,16-20H2,1-2H3,(H,26,29). The SMILES string of the molecule is CCCNC(=O)C(CC)N(CCc1ccccc1)C(=O)CCCOc1ccccc1. The molecule has 1 atom stereocenters. The third-order valence-electron chi connectivity index (χ3n) is 4.97. The van der Waals surface area contributed by atoms with Crippen LogP contribution >= 0.6 is 0 Å². The molecule has 2 amide bonds. The van der Waals surface area contributed by atoms with Gasteiger partial charge in [-0.05, 0) is 43.4 Å². The minimum Gasteiger partial charge on any atom is -0.494 e. The second kappa shape index (κ2) is 13.4. The number of hydrogen-bond donors (Lipinski definition) is 1. The maximum absolute atomic E-state index is 13.0. The average Bonchev–Trinajstić information content (AvgIpc) is 2.79. The van der Waals surface area contributed by atoms with E-state index >= 15 is 0 Å². The van der Waals surface area contributed by atoms with Gasteiger partial charge in [0.05, 0.1) is 6.61 Å². The minimum atomic E-state index is -0.442. The normalized spacial score (nSPS) is 11.5. The molecule has 1 unspecified atom stereocenters. The second-order valence-corrected chi connectivity index (χ2v) is 7.30. The molecule has 0 aliphatic carbocycles. The fourth-order valence-corrected chi connectivity index (χ4v) is 3.34. The van der Waals surface area contributed by atoms with Crippen LogP contribution in [0.4, 0.5) is 0 Å². The predicted octanol–water partition coefficient (Wildman–Crippen LogP) is 4.22. The van der Waals surface area contributed by atoms with Gasteiger partial charge in [0.2, 0.25) is 11.8 Å². The first-order valence-electron chi connectivity index (χ1n) is 10.9. The fraction of sp³-hybridized carbons (Fsp3) is 0.440. The first kappa shape index (κ1) is 23.5. The third kappa shape index (κ3) is 7.90. The fourth-order valence-electron chi connectivity index (χ4n) is 3.34. The minimum absolute atomic E-state index is 0.00101. The van der Waals surface area contributed by atoms with Crippen LogP contribution in [0.1, 0.15) is 45.1 Å². The Morgan fingerprint density at radius 1 is 1.00 bits per heavy atom. The van der Waals surface area contributed by atoms with Crippen LogP contribution in [0.25, 0.3) is 0 Å². The lowest BCUT2D eigenvalue weighted by atomic mass is 10.1. The number of para-hydroxylation sites is 1. The molecule has 0 spiro atoms. The van der Waals surface area contributed by atoms with Gasteiger partial charge in [-0.15, -0.1) is 0 Å². The van der Waals surface area contributed by atoms with Crippen molar-refractivity contribution in [2.24, 2.45) is 0 Å². The summed E-state index contributed by atoms with van der Waals surface area (Å²) in [6, 6.07) is 19.2. The zero-order chi connectivity index (χ0) is 21.6.